The van der Waals surface area contributed by atoms with Crippen LogP contribution in [0.1, 0.15) is 59.3 Å². The molecule has 20 heavy (non-hydrogen) atoms. The summed E-state index contributed by atoms with van der Waals surface area (Å²) in [6, 6.07) is -0.0202. The molecule has 0 unspecified atom stereocenters. The predicted molar refractivity (Wildman–Crippen MR) is 78.6 cm³/mol. The van der Waals surface area contributed by atoms with Gasteiger partial charge in [0, 0.05) is 12.6 Å². The van der Waals surface area contributed by atoms with E-state index >= 15 is 0 Å². The van der Waals surface area contributed by atoms with Gasteiger partial charge in [0.05, 0.1) is 6.42 Å². The Morgan fingerprint density at radius 2 is 1.80 bits per heavy atom. The van der Waals surface area contributed by atoms with Crippen LogP contribution in [0.3, 0.4) is 0 Å². The molecule has 116 valence electrons. The first-order valence-electron chi connectivity index (χ1n) is 7.61. The van der Waals surface area contributed by atoms with Gasteiger partial charge in [0.2, 0.25) is 0 Å². The lowest BCUT2D eigenvalue weighted by Crippen LogP contribution is -2.45. The molecule has 3 N–H and O–H groups in total. The van der Waals surface area contributed by atoms with Gasteiger partial charge in [-0.3, -0.25) is 4.79 Å². The zero-order valence-electron chi connectivity index (χ0n) is 12.9. The van der Waals surface area contributed by atoms with Crippen LogP contribution in [0.5, 0.6) is 0 Å². The summed E-state index contributed by atoms with van der Waals surface area (Å²) in [4.78, 5) is 22.0. The van der Waals surface area contributed by atoms with Crippen LogP contribution >= 0.6 is 0 Å². The molecule has 1 aliphatic rings. The van der Waals surface area contributed by atoms with Crippen LogP contribution in [-0.4, -0.2) is 29.7 Å². The zero-order valence-corrected chi connectivity index (χ0v) is 12.9. The Hall–Kier alpha value is -1.26. The number of amides is 2. The smallest absolute Gasteiger partial charge is 0.315 e. The van der Waals surface area contributed by atoms with Crippen LogP contribution in [0.2, 0.25) is 0 Å². The lowest BCUT2D eigenvalue weighted by molar-refractivity contribution is -0.136. The number of carboxylic acids is 1. The number of rotatable bonds is 6. The number of hydrogen-bond donors (Lipinski definition) is 3. The number of carbonyl (C=O) groups is 2. The van der Waals surface area contributed by atoms with Crippen molar-refractivity contribution in [3.8, 4) is 0 Å². The minimum atomic E-state index is -0.896. The molecule has 2 amide bonds. The highest BCUT2D eigenvalue weighted by atomic mass is 16.4. The number of carbonyl (C=O) groups excluding carboxylic acids is 1. The molecule has 0 saturated heterocycles. The van der Waals surface area contributed by atoms with E-state index in [0.717, 1.165) is 31.6 Å². The summed E-state index contributed by atoms with van der Waals surface area (Å²) in [7, 11) is 0. The van der Waals surface area contributed by atoms with Gasteiger partial charge in [-0.1, -0.05) is 27.2 Å². The number of hydrogen-bond acceptors (Lipinski definition) is 2. The van der Waals surface area contributed by atoms with Gasteiger partial charge in [0.1, 0.15) is 0 Å². The molecule has 0 heterocycles. The van der Waals surface area contributed by atoms with Gasteiger partial charge in [0.25, 0.3) is 0 Å². The fourth-order valence-electron chi connectivity index (χ4n) is 2.83. The van der Waals surface area contributed by atoms with Gasteiger partial charge in [-0.2, -0.15) is 0 Å². The van der Waals surface area contributed by atoms with Crippen LogP contribution in [-0.2, 0) is 4.79 Å². The average molecular weight is 284 g/mol. The van der Waals surface area contributed by atoms with E-state index in [-0.39, 0.29) is 25.0 Å². The highest BCUT2D eigenvalue weighted by Gasteiger charge is 2.32. The molecule has 1 fully saturated rings. The van der Waals surface area contributed by atoms with Crippen LogP contribution < -0.4 is 10.6 Å². The number of urea groups is 1. The number of nitrogens with one attached hydrogen (secondary N) is 2. The molecular weight excluding hydrogens is 256 g/mol. The lowest BCUT2D eigenvalue weighted by Gasteiger charge is -2.39. The zero-order chi connectivity index (χ0) is 15.2. The summed E-state index contributed by atoms with van der Waals surface area (Å²) in [6.07, 6.45) is 5.49. The van der Waals surface area contributed by atoms with Crippen molar-refractivity contribution >= 4 is 12.0 Å². The molecule has 1 saturated carbocycles. The maximum absolute atomic E-state index is 11.6. The van der Waals surface area contributed by atoms with E-state index in [2.05, 4.69) is 31.4 Å². The minimum Gasteiger partial charge on any atom is -0.481 e. The van der Waals surface area contributed by atoms with Crippen molar-refractivity contribution in [1.82, 2.24) is 10.6 Å². The molecule has 1 aliphatic carbocycles. The Kier molecular flexibility index (Phi) is 6.30. The van der Waals surface area contributed by atoms with Gasteiger partial charge >= 0.3 is 12.0 Å². The summed E-state index contributed by atoms with van der Waals surface area (Å²) >= 11 is 0. The quantitative estimate of drug-likeness (QED) is 0.701. The van der Waals surface area contributed by atoms with E-state index in [4.69, 9.17) is 5.11 Å². The average Bonchev–Trinajstić information content (AvgIpc) is 2.39. The van der Waals surface area contributed by atoms with Gasteiger partial charge in [-0.25, -0.2) is 4.79 Å². The Bertz CT molecular complexity index is 334. The molecule has 0 radical (unpaired) electrons. The standard InChI is InChI=1S/C15H28N2O3/c1-4-15(2,3)11-5-7-12(8-6-11)17-14(20)16-10-9-13(18)19/h11-12H,4-10H2,1-3H3,(H,18,19)(H2,16,17,20). The predicted octanol–water partition coefficient (Wildman–Crippen LogP) is 2.76. The fraction of sp³-hybridized carbons (Fsp3) is 0.867. The topological polar surface area (TPSA) is 78.4 Å². The minimum absolute atomic E-state index is 0.0369. The molecule has 5 heteroatoms. The third-order valence-corrected chi connectivity index (χ3v) is 4.70. The SMILES string of the molecule is CCC(C)(C)C1CCC(NC(=O)NCCC(=O)O)CC1. The van der Waals surface area contributed by atoms with Crippen molar-refractivity contribution in [3.63, 3.8) is 0 Å². The fourth-order valence-corrected chi connectivity index (χ4v) is 2.83. The van der Waals surface area contributed by atoms with Crippen LogP contribution in [0, 0.1) is 11.3 Å². The summed E-state index contributed by atoms with van der Waals surface area (Å²) in [5.74, 6) is -0.159. The number of aliphatic carboxylic acids is 1. The third kappa shape index (κ3) is 5.39. The second-order valence-electron chi connectivity index (χ2n) is 6.43. The second kappa shape index (κ2) is 7.50. The van der Waals surface area contributed by atoms with Gasteiger partial charge < -0.3 is 15.7 Å². The molecule has 0 aromatic rings. The van der Waals surface area contributed by atoms with Gasteiger partial charge in [-0.05, 0) is 37.0 Å². The van der Waals surface area contributed by atoms with Crippen LogP contribution in [0.15, 0.2) is 0 Å². The first-order valence-corrected chi connectivity index (χ1v) is 7.61. The van der Waals surface area contributed by atoms with Crippen molar-refractivity contribution in [2.45, 2.75) is 65.3 Å². The van der Waals surface area contributed by atoms with Crippen molar-refractivity contribution in [2.75, 3.05) is 6.54 Å². The molecule has 0 aromatic heterocycles. The molecule has 0 aromatic carbocycles. The van der Waals surface area contributed by atoms with Crippen molar-refractivity contribution < 1.29 is 14.7 Å². The lowest BCUT2D eigenvalue weighted by atomic mass is 9.69. The molecule has 0 aliphatic heterocycles. The molecule has 0 atom stereocenters. The Morgan fingerprint density at radius 3 is 2.30 bits per heavy atom. The monoisotopic (exact) mass is 284 g/mol. The molecular formula is C15H28N2O3. The summed E-state index contributed by atoms with van der Waals surface area (Å²) in [5.41, 5.74) is 0.384. The van der Waals surface area contributed by atoms with Gasteiger partial charge in [-0.15, -0.1) is 0 Å². The third-order valence-electron chi connectivity index (χ3n) is 4.70. The molecule has 0 bridgehead atoms. The van der Waals surface area contributed by atoms with Crippen molar-refractivity contribution in [2.24, 2.45) is 11.3 Å². The molecule has 5 nitrogen and oxygen atoms in total. The van der Waals surface area contributed by atoms with E-state index < -0.39 is 5.97 Å². The summed E-state index contributed by atoms with van der Waals surface area (Å²) in [5, 5.41) is 14.0. The molecule has 0 spiro atoms. The first-order chi connectivity index (χ1) is 9.35. The van der Waals surface area contributed by atoms with Crippen LogP contribution in [0.4, 0.5) is 4.79 Å². The van der Waals surface area contributed by atoms with Crippen LogP contribution in [0.25, 0.3) is 0 Å². The van der Waals surface area contributed by atoms with Gasteiger partial charge in [0.15, 0.2) is 0 Å². The van der Waals surface area contributed by atoms with E-state index in [9.17, 15) is 9.59 Å². The highest BCUT2D eigenvalue weighted by molar-refractivity contribution is 5.75. The van der Waals surface area contributed by atoms with E-state index in [1.807, 2.05) is 0 Å². The number of carboxylic acid groups (broad SMARTS) is 1. The summed E-state index contributed by atoms with van der Waals surface area (Å²) in [6.45, 7) is 7.06. The largest absolute Gasteiger partial charge is 0.481 e. The Balaban J connectivity index is 2.25. The Labute approximate surface area is 121 Å². The summed E-state index contributed by atoms with van der Waals surface area (Å²) < 4.78 is 0. The van der Waals surface area contributed by atoms with Crippen molar-refractivity contribution in [3.05, 3.63) is 0 Å². The highest BCUT2D eigenvalue weighted by Crippen LogP contribution is 2.40. The first kappa shape index (κ1) is 16.8. The Morgan fingerprint density at radius 1 is 1.20 bits per heavy atom. The molecule has 1 rings (SSSR count). The second-order valence-corrected chi connectivity index (χ2v) is 6.43. The normalized spacial score (nSPS) is 23.1. The maximum atomic E-state index is 11.6. The van der Waals surface area contributed by atoms with Crippen molar-refractivity contribution in [1.29, 1.82) is 0 Å². The van der Waals surface area contributed by atoms with E-state index in [1.165, 1.54) is 6.42 Å². The maximum Gasteiger partial charge on any atom is 0.315 e. The van der Waals surface area contributed by atoms with E-state index in [0.29, 0.717) is 5.41 Å². The van der Waals surface area contributed by atoms with E-state index in [1.54, 1.807) is 0 Å².